The zero-order valence-electron chi connectivity index (χ0n) is 16.0. The second kappa shape index (κ2) is 8.13. The van der Waals surface area contributed by atoms with Crippen molar-refractivity contribution in [2.45, 2.75) is 6.92 Å². The average Bonchev–Trinajstić information content (AvgIpc) is 2.76. The number of para-hydroxylation sites is 1. The molecule has 5 nitrogen and oxygen atoms in total. The van der Waals surface area contributed by atoms with Crippen LogP contribution in [0.2, 0.25) is 0 Å². The number of piperazine rings is 1. The number of nitrogens with one attached hydrogen (secondary N) is 1. The van der Waals surface area contributed by atoms with E-state index >= 15 is 0 Å². The first-order valence-corrected chi connectivity index (χ1v) is 9.58. The van der Waals surface area contributed by atoms with Crippen LogP contribution in [0, 0.1) is 6.92 Å². The number of pyridine rings is 1. The minimum Gasteiger partial charge on any atom is -0.368 e. The summed E-state index contributed by atoms with van der Waals surface area (Å²) >= 11 is 0. The third-order valence-corrected chi connectivity index (χ3v) is 5.04. The second-order valence-electron chi connectivity index (χ2n) is 7.03. The first kappa shape index (κ1) is 18.0. The SMILES string of the molecule is Cc1ccc(NC(=O)c2ccc(N3CCN(c4ccccc4)CC3)nc2)cc1. The lowest BCUT2D eigenvalue weighted by Gasteiger charge is -2.36. The van der Waals surface area contributed by atoms with E-state index in [1.807, 2.05) is 49.4 Å². The summed E-state index contributed by atoms with van der Waals surface area (Å²) in [6.07, 6.45) is 1.66. The first-order valence-electron chi connectivity index (χ1n) is 9.58. The largest absolute Gasteiger partial charge is 0.368 e. The lowest BCUT2D eigenvalue weighted by Crippen LogP contribution is -2.46. The number of aromatic nitrogens is 1. The van der Waals surface area contributed by atoms with Gasteiger partial charge in [-0.25, -0.2) is 4.98 Å². The minimum absolute atomic E-state index is 0.142. The molecule has 142 valence electrons. The summed E-state index contributed by atoms with van der Waals surface area (Å²) in [6.45, 7) is 5.77. The van der Waals surface area contributed by atoms with Crippen LogP contribution < -0.4 is 15.1 Å². The number of aryl methyl sites for hydroxylation is 1. The molecule has 4 rings (SSSR count). The molecule has 0 atom stereocenters. The Morgan fingerprint density at radius 1 is 0.857 bits per heavy atom. The maximum Gasteiger partial charge on any atom is 0.257 e. The Balaban J connectivity index is 1.36. The van der Waals surface area contributed by atoms with Crippen molar-refractivity contribution in [3.05, 3.63) is 84.1 Å². The minimum atomic E-state index is -0.142. The third-order valence-electron chi connectivity index (χ3n) is 5.04. The highest BCUT2D eigenvalue weighted by Gasteiger charge is 2.18. The Hall–Kier alpha value is -3.34. The van der Waals surface area contributed by atoms with Gasteiger partial charge in [0.1, 0.15) is 5.82 Å². The Morgan fingerprint density at radius 2 is 1.54 bits per heavy atom. The van der Waals surface area contributed by atoms with Crippen molar-refractivity contribution >= 4 is 23.1 Å². The number of hydrogen-bond donors (Lipinski definition) is 1. The average molecular weight is 372 g/mol. The van der Waals surface area contributed by atoms with Crippen LogP contribution in [0.3, 0.4) is 0 Å². The van der Waals surface area contributed by atoms with Crippen molar-refractivity contribution in [1.29, 1.82) is 0 Å². The van der Waals surface area contributed by atoms with E-state index in [2.05, 4.69) is 44.4 Å². The number of hydrogen-bond acceptors (Lipinski definition) is 4. The molecule has 1 saturated heterocycles. The number of carbonyl (C=O) groups is 1. The summed E-state index contributed by atoms with van der Waals surface area (Å²) in [5.41, 5.74) is 3.78. The fourth-order valence-electron chi connectivity index (χ4n) is 3.38. The van der Waals surface area contributed by atoms with Crippen LogP contribution in [-0.2, 0) is 0 Å². The highest BCUT2D eigenvalue weighted by Crippen LogP contribution is 2.19. The Morgan fingerprint density at radius 3 is 2.18 bits per heavy atom. The zero-order chi connectivity index (χ0) is 19.3. The van der Waals surface area contributed by atoms with Crippen molar-refractivity contribution < 1.29 is 4.79 Å². The number of benzene rings is 2. The number of carbonyl (C=O) groups excluding carboxylic acids is 1. The summed E-state index contributed by atoms with van der Waals surface area (Å²) in [4.78, 5) is 21.6. The van der Waals surface area contributed by atoms with Crippen LogP contribution in [0.5, 0.6) is 0 Å². The van der Waals surface area contributed by atoms with Gasteiger partial charge in [0.15, 0.2) is 0 Å². The lowest BCUT2D eigenvalue weighted by molar-refractivity contribution is 0.102. The highest BCUT2D eigenvalue weighted by atomic mass is 16.1. The molecule has 0 unspecified atom stereocenters. The van der Waals surface area contributed by atoms with E-state index < -0.39 is 0 Å². The molecule has 0 aliphatic carbocycles. The zero-order valence-corrected chi connectivity index (χ0v) is 16.0. The van der Waals surface area contributed by atoms with Gasteiger partial charge in [-0.2, -0.15) is 0 Å². The maximum atomic E-state index is 12.4. The first-order chi connectivity index (χ1) is 13.7. The molecule has 0 saturated carbocycles. The van der Waals surface area contributed by atoms with Gasteiger partial charge in [0.2, 0.25) is 0 Å². The second-order valence-corrected chi connectivity index (χ2v) is 7.03. The molecular formula is C23H24N4O. The predicted octanol–water partition coefficient (Wildman–Crippen LogP) is 3.97. The van der Waals surface area contributed by atoms with E-state index in [-0.39, 0.29) is 5.91 Å². The molecule has 1 N–H and O–H groups in total. The van der Waals surface area contributed by atoms with Crippen molar-refractivity contribution in [2.24, 2.45) is 0 Å². The Bertz CT molecular complexity index is 915. The van der Waals surface area contributed by atoms with Crippen LogP contribution in [0.1, 0.15) is 15.9 Å². The van der Waals surface area contributed by atoms with Gasteiger partial charge in [0.05, 0.1) is 5.56 Å². The highest BCUT2D eigenvalue weighted by molar-refractivity contribution is 6.04. The van der Waals surface area contributed by atoms with E-state index in [9.17, 15) is 4.79 Å². The molecule has 0 radical (unpaired) electrons. The van der Waals surface area contributed by atoms with Crippen molar-refractivity contribution in [2.75, 3.05) is 41.3 Å². The fourth-order valence-corrected chi connectivity index (χ4v) is 3.38. The van der Waals surface area contributed by atoms with Gasteiger partial charge in [0, 0.05) is 43.8 Å². The van der Waals surface area contributed by atoms with Crippen LogP contribution in [0.15, 0.2) is 72.9 Å². The maximum absolute atomic E-state index is 12.4. The summed E-state index contributed by atoms with van der Waals surface area (Å²) in [5, 5.41) is 2.91. The number of amides is 1. The van der Waals surface area contributed by atoms with Gasteiger partial charge >= 0.3 is 0 Å². The molecule has 2 heterocycles. The molecule has 5 heteroatoms. The van der Waals surface area contributed by atoms with Crippen molar-refractivity contribution in [3.8, 4) is 0 Å². The molecule has 1 aliphatic rings. The van der Waals surface area contributed by atoms with Crippen LogP contribution in [0.25, 0.3) is 0 Å². The number of nitrogens with zero attached hydrogens (tertiary/aromatic N) is 3. The monoisotopic (exact) mass is 372 g/mol. The van der Waals surface area contributed by atoms with Crippen LogP contribution >= 0.6 is 0 Å². The van der Waals surface area contributed by atoms with Gasteiger partial charge in [-0.05, 0) is 43.3 Å². The molecule has 1 fully saturated rings. The van der Waals surface area contributed by atoms with Gasteiger partial charge in [-0.15, -0.1) is 0 Å². The van der Waals surface area contributed by atoms with E-state index in [4.69, 9.17) is 0 Å². The summed E-state index contributed by atoms with van der Waals surface area (Å²) in [5.74, 6) is 0.774. The molecule has 1 amide bonds. The Kier molecular flexibility index (Phi) is 5.24. The Labute approximate surface area is 165 Å². The molecule has 0 bridgehead atoms. The van der Waals surface area contributed by atoms with E-state index in [1.54, 1.807) is 6.20 Å². The molecule has 1 aliphatic heterocycles. The van der Waals surface area contributed by atoms with Gasteiger partial charge in [-0.1, -0.05) is 35.9 Å². The van der Waals surface area contributed by atoms with Gasteiger partial charge < -0.3 is 15.1 Å². The van der Waals surface area contributed by atoms with Crippen LogP contribution in [-0.4, -0.2) is 37.1 Å². The van der Waals surface area contributed by atoms with E-state index in [0.717, 1.165) is 43.2 Å². The lowest BCUT2D eigenvalue weighted by atomic mass is 10.2. The molecule has 3 aromatic rings. The molecule has 2 aromatic carbocycles. The standard InChI is InChI=1S/C23H24N4O/c1-18-7-10-20(11-8-18)25-23(28)19-9-12-22(24-17-19)27-15-13-26(14-16-27)21-5-3-2-4-6-21/h2-12,17H,13-16H2,1H3,(H,25,28). The molecular weight excluding hydrogens is 348 g/mol. The van der Waals surface area contributed by atoms with Crippen molar-refractivity contribution in [3.63, 3.8) is 0 Å². The number of rotatable bonds is 4. The normalized spacial score (nSPS) is 14.0. The summed E-state index contributed by atoms with van der Waals surface area (Å²) < 4.78 is 0. The topological polar surface area (TPSA) is 48.5 Å². The smallest absolute Gasteiger partial charge is 0.257 e. The summed E-state index contributed by atoms with van der Waals surface area (Å²) in [7, 11) is 0. The van der Waals surface area contributed by atoms with E-state index in [0.29, 0.717) is 5.56 Å². The van der Waals surface area contributed by atoms with Gasteiger partial charge in [-0.3, -0.25) is 4.79 Å². The predicted molar refractivity (Wildman–Crippen MR) is 114 cm³/mol. The van der Waals surface area contributed by atoms with E-state index in [1.165, 1.54) is 5.69 Å². The quantitative estimate of drug-likeness (QED) is 0.753. The molecule has 1 aromatic heterocycles. The van der Waals surface area contributed by atoms with Crippen molar-refractivity contribution in [1.82, 2.24) is 4.98 Å². The third kappa shape index (κ3) is 4.14. The fraction of sp³-hybridized carbons (Fsp3) is 0.217. The summed E-state index contributed by atoms with van der Waals surface area (Å²) in [6, 6.07) is 22.0. The molecule has 0 spiro atoms. The van der Waals surface area contributed by atoms with Gasteiger partial charge in [0.25, 0.3) is 5.91 Å². The molecule has 28 heavy (non-hydrogen) atoms. The van der Waals surface area contributed by atoms with Crippen LogP contribution in [0.4, 0.5) is 17.2 Å². The number of anilines is 3.